The van der Waals surface area contributed by atoms with E-state index in [2.05, 4.69) is 4.98 Å². The summed E-state index contributed by atoms with van der Waals surface area (Å²) in [5.41, 5.74) is 9.56. The molecule has 70 valence electrons. The molecule has 0 bridgehead atoms. The zero-order valence-electron chi connectivity index (χ0n) is 7.79. The predicted molar refractivity (Wildman–Crippen MR) is 50.2 cm³/mol. The molecule has 0 saturated heterocycles. The average Bonchev–Trinajstić information content (AvgIpc) is 2.17. The molecule has 3 heteroatoms. The summed E-state index contributed by atoms with van der Waals surface area (Å²) in [5, 5.41) is 0. The lowest BCUT2D eigenvalue weighted by Crippen LogP contribution is -2.16. The van der Waals surface area contributed by atoms with E-state index < -0.39 is 0 Å². The van der Waals surface area contributed by atoms with Crippen LogP contribution in [0.15, 0.2) is 12.4 Å². The van der Waals surface area contributed by atoms with E-state index in [4.69, 9.17) is 10.5 Å². The van der Waals surface area contributed by atoms with Gasteiger partial charge in [0.2, 0.25) is 0 Å². The minimum atomic E-state index is 0.0700. The van der Waals surface area contributed by atoms with Crippen molar-refractivity contribution in [1.29, 1.82) is 0 Å². The van der Waals surface area contributed by atoms with Crippen molar-refractivity contribution < 1.29 is 4.74 Å². The molecular weight excluding hydrogens is 164 g/mol. The van der Waals surface area contributed by atoms with Crippen LogP contribution in [-0.2, 0) is 17.8 Å². The second-order valence-corrected chi connectivity index (χ2v) is 3.46. The zero-order valence-corrected chi connectivity index (χ0v) is 7.79. The third kappa shape index (κ3) is 1.57. The lowest BCUT2D eigenvalue weighted by Gasteiger charge is -2.20. The van der Waals surface area contributed by atoms with Crippen molar-refractivity contribution in [1.82, 2.24) is 4.98 Å². The van der Waals surface area contributed by atoms with Crippen molar-refractivity contribution in [3.05, 3.63) is 29.1 Å². The van der Waals surface area contributed by atoms with Gasteiger partial charge < -0.3 is 10.5 Å². The minimum absolute atomic E-state index is 0.0700. The molecule has 0 amide bonds. The Bertz CT molecular complexity index is 310. The van der Waals surface area contributed by atoms with Gasteiger partial charge in [0, 0.05) is 18.4 Å². The molecule has 1 atom stereocenters. The van der Waals surface area contributed by atoms with Crippen LogP contribution in [-0.4, -0.2) is 11.6 Å². The Morgan fingerprint density at radius 3 is 3.15 bits per heavy atom. The Balaban J connectivity index is 2.46. The Morgan fingerprint density at radius 1 is 1.54 bits per heavy atom. The largest absolute Gasteiger partial charge is 0.376 e. The van der Waals surface area contributed by atoms with Crippen molar-refractivity contribution in [3.8, 4) is 0 Å². The highest BCUT2D eigenvalue weighted by molar-refractivity contribution is 5.34. The number of aromatic nitrogens is 1. The number of rotatable bonds is 1. The monoisotopic (exact) mass is 178 g/mol. The minimum Gasteiger partial charge on any atom is -0.376 e. The topological polar surface area (TPSA) is 48.1 Å². The van der Waals surface area contributed by atoms with E-state index >= 15 is 0 Å². The molecule has 0 radical (unpaired) electrons. The molecule has 0 aliphatic carbocycles. The number of pyridine rings is 1. The van der Waals surface area contributed by atoms with Gasteiger partial charge in [0.25, 0.3) is 0 Å². The molecular formula is C10H14N2O. The summed E-state index contributed by atoms with van der Waals surface area (Å²) < 4.78 is 5.35. The first-order valence-corrected chi connectivity index (χ1v) is 4.58. The fourth-order valence-electron chi connectivity index (χ4n) is 1.73. The molecule has 1 aromatic rings. The molecule has 1 aliphatic rings. The van der Waals surface area contributed by atoms with Crippen LogP contribution in [0.2, 0.25) is 0 Å². The van der Waals surface area contributed by atoms with Crippen molar-refractivity contribution >= 4 is 0 Å². The van der Waals surface area contributed by atoms with Gasteiger partial charge in [0.05, 0.1) is 13.2 Å². The maximum Gasteiger partial charge on any atom is 0.0734 e. The summed E-state index contributed by atoms with van der Waals surface area (Å²) in [4.78, 5) is 4.16. The number of fused-ring (bicyclic) bond motifs is 1. The summed E-state index contributed by atoms with van der Waals surface area (Å²) in [6, 6.07) is 0.0700. The highest BCUT2D eigenvalue weighted by atomic mass is 16.5. The van der Waals surface area contributed by atoms with Gasteiger partial charge in [0.15, 0.2) is 0 Å². The Kier molecular flexibility index (Phi) is 2.29. The Hall–Kier alpha value is -0.930. The number of nitrogens with zero attached hydrogens (tertiary/aromatic N) is 1. The first kappa shape index (κ1) is 8.66. The zero-order chi connectivity index (χ0) is 9.26. The summed E-state index contributed by atoms with van der Waals surface area (Å²) in [6.07, 6.45) is 4.71. The molecule has 0 saturated carbocycles. The maximum atomic E-state index is 5.86. The average molecular weight is 178 g/mol. The molecule has 1 aromatic heterocycles. The third-order valence-corrected chi connectivity index (χ3v) is 2.42. The quantitative estimate of drug-likeness (QED) is 0.702. The first-order valence-electron chi connectivity index (χ1n) is 4.58. The summed E-state index contributed by atoms with van der Waals surface area (Å²) in [6.45, 7) is 3.48. The third-order valence-electron chi connectivity index (χ3n) is 2.42. The van der Waals surface area contributed by atoms with E-state index in [1.807, 2.05) is 19.3 Å². The van der Waals surface area contributed by atoms with Crippen LogP contribution in [0, 0.1) is 0 Å². The highest BCUT2D eigenvalue weighted by Crippen LogP contribution is 2.22. The fraction of sp³-hybridized carbons (Fsp3) is 0.500. The van der Waals surface area contributed by atoms with Gasteiger partial charge in [-0.15, -0.1) is 0 Å². The predicted octanol–water partition coefficient (Wildman–Crippen LogP) is 1.17. The van der Waals surface area contributed by atoms with Crippen LogP contribution in [0.25, 0.3) is 0 Å². The van der Waals surface area contributed by atoms with Gasteiger partial charge in [-0.1, -0.05) is 0 Å². The highest BCUT2D eigenvalue weighted by Gasteiger charge is 2.15. The van der Waals surface area contributed by atoms with E-state index in [1.165, 1.54) is 16.7 Å². The van der Waals surface area contributed by atoms with Gasteiger partial charge in [-0.05, 0) is 30.0 Å². The molecule has 0 aromatic carbocycles. The molecule has 2 rings (SSSR count). The van der Waals surface area contributed by atoms with E-state index in [0.29, 0.717) is 6.61 Å². The molecule has 2 heterocycles. The molecule has 1 unspecified atom stereocenters. The van der Waals surface area contributed by atoms with Crippen LogP contribution in [0.1, 0.15) is 29.7 Å². The molecule has 13 heavy (non-hydrogen) atoms. The first-order chi connectivity index (χ1) is 6.29. The van der Waals surface area contributed by atoms with Gasteiger partial charge in [-0.3, -0.25) is 4.98 Å². The molecule has 0 fully saturated rings. The van der Waals surface area contributed by atoms with E-state index in [9.17, 15) is 0 Å². The maximum absolute atomic E-state index is 5.86. The van der Waals surface area contributed by atoms with E-state index in [1.54, 1.807) is 0 Å². The number of ether oxygens (including phenoxy) is 1. The molecule has 0 spiro atoms. The van der Waals surface area contributed by atoms with Gasteiger partial charge in [-0.25, -0.2) is 0 Å². The normalized spacial score (nSPS) is 18.0. The second-order valence-electron chi connectivity index (χ2n) is 3.46. The van der Waals surface area contributed by atoms with Crippen LogP contribution >= 0.6 is 0 Å². The molecule has 3 nitrogen and oxygen atoms in total. The summed E-state index contributed by atoms with van der Waals surface area (Å²) >= 11 is 0. The lowest BCUT2D eigenvalue weighted by atomic mass is 9.97. The van der Waals surface area contributed by atoms with Gasteiger partial charge >= 0.3 is 0 Å². The SMILES string of the molecule is CC(N)c1cncc2c1CCOC2. The van der Waals surface area contributed by atoms with Gasteiger partial charge in [-0.2, -0.15) is 0 Å². The van der Waals surface area contributed by atoms with Crippen molar-refractivity contribution in [2.75, 3.05) is 6.61 Å². The smallest absolute Gasteiger partial charge is 0.0734 e. The number of nitrogens with two attached hydrogens (primary N) is 1. The number of hydrogen-bond acceptors (Lipinski definition) is 3. The van der Waals surface area contributed by atoms with Crippen molar-refractivity contribution in [2.45, 2.75) is 26.0 Å². The van der Waals surface area contributed by atoms with E-state index in [0.717, 1.165) is 13.0 Å². The van der Waals surface area contributed by atoms with E-state index in [-0.39, 0.29) is 6.04 Å². The van der Waals surface area contributed by atoms with Crippen LogP contribution in [0.4, 0.5) is 0 Å². The Labute approximate surface area is 77.9 Å². The van der Waals surface area contributed by atoms with Crippen molar-refractivity contribution in [2.24, 2.45) is 5.73 Å². The number of hydrogen-bond donors (Lipinski definition) is 1. The van der Waals surface area contributed by atoms with Gasteiger partial charge in [0.1, 0.15) is 0 Å². The standard InChI is InChI=1S/C10H14N2O/c1-7(11)10-5-12-4-8-6-13-3-2-9(8)10/h4-5,7H,2-3,6,11H2,1H3. The Morgan fingerprint density at radius 2 is 2.38 bits per heavy atom. The van der Waals surface area contributed by atoms with Crippen molar-refractivity contribution in [3.63, 3.8) is 0 Å². The molecule has 1 aliphatic heterocycles. The summed E-state index contributed by atoms with van der Waals surface area (Å²) in [5.74, 6) is 0. The fourth-order valence-corrected chi connectivity index (χ4v) is 1.73. The van der Waals surface area contributed by atoms with Crippen LogP contribution < -0.4 is 5.73 Å². The van der Waals surface area contributed by atoms with Crippen LogP contribution in [0.3, 0.4) is 0 Å². The molecule has 2 N–H and O–H groups in total. The summed E-state index contributed by atoms with van der Waals surface area (Å²) in [7, 11) is 0. The lowest BCUT2D eigenvalue weighted by molar-refractivity contribution is 0.110. The van der Waals surface area contributed by atoms with Crippen LogP contribution in [0.5, 0.6) is 0 Å². The second kappa shape index (κ2) is 3.44.